The zero-order valence-corrected chi connectivity index (χ0v) is 14.0. The van der Waals surface area contributed by atoms with E-state index in [9.17, 15) is 4.39 Å². The van der Waals surface area contributed by atoms with Crippen LogP contribution >= 0.6 is 11.3 Å². The fourth-order valence-electron chi connectivity index (χ4n) is 2.55. The standard InChI is InChI=1S/C17H23FN2S/c1-5-8-19-16(17-12(3)20-13(4)21-17)10-14-6-7-15(18)9-11(14)2/h6-7,9,16,19H,5,8,10H2,1-4H3. The lowest BCUT2D eigenvalue weighted by molar-refractivity contribution is 0.532. The van der Waals surface area contributed by atoms with Crippen LogP contribution < -0.4 is 5.32 Å². The lowest BCUT2D eigenvalue weighted by atomic mass is 9.99. The maximum absolute atomic E-state index is 13.3. The Balaban J connectivity index is 2.26. The fourth-order valence-corrected chi connectivity index (χ4v) is 3.56. The molecule has 2 aromatic rings. The van der Waals surface area contributed by atoms with Crippen LogP contribution in [0, 0.1) is 26.6 Å². The third-order valence-electron chi connectivity index (χ3n) is 3.63. The van der Waals surface area contributed by atoms with Gasteiger partial charge in [-0.2, -0.15) is 0 Å². The molecule has 114 valence electrons. The summed E-state index contributed by atoms with van der Waals surface area (Å²) in [5, 5.41) is 4.71. The van der Waals surface area contributed by atoms with Crippen LogP contribution in [0.3, 0.4) is 0 Å². The molecule has 1 heterocycles. The summed E-state index contributed by atoms with van der Waals surface area (Å²) in [5.41, 5.74) is 3.30. The highest BCUT2D eigenvalue weighted by Gasteiger charge is 2.18. The zero-order valence-electron chi connectivity index (χ0n) is 13.2. The summed E-state index contributed by atoms with van der Waals surface area (Å²) in [6, 6.07) is 5.30. The van der Waals surface area contributed by atoms with Gasteiger partial charge in [0.15, 0.2) is 0 Å². The Morgan fingerprint density at radius 3 is 2.62 bits per heavy atom. The first kappa shape index (κ1) is 16.1. The summed E-state index contributed by atoms with van der Waals surface area (Å²) in [6.07, 6.45) is 1.96. The Morgan fingerprint density at radius 1 is 1.29 bits per heavy atom. The second kappa shape index (κ2) is 7.14. The van der Waals surface area contributed by atoms with Crippen LogP contribution in [-0.4, -0.2) is 11.5 Å². The average molecular weight is 306 g/mol. The van der Waals surface area contributed by atoms with Crippen molar-refractivity contribution < 1.29 is 4.39 Å². The van der Waals surface area contributed by atoms with Gasteiger partial charge in [-0.05, 0) is 63.4 Å². The first-order valence-corrected chi connectivity index (χ1v) is 8.25. The van der Waals surface area contributed by atoms with Crippen molar-refractivity contribution in [2.24, 2.45) is 0 Å². The Hall–Kier alpha value is -1.26. The molecule has 1 aromatic heterocycles. The van der Waals surface area contributed by atoms with E-state index in [0.29, 0.717) is 0 Å². The molecule has 2 rings (SSSR count). The lowest BCUT2D eigenvalue weighted by Crippen LogP contribution is -2.24. The monoisotopic (exact) mass is 306 g/mol. The van der Waals surface area contributed by atoms with Gasteiger partial charge in [0.1, 0.15) is 5.82 Å². The molecule has 0 aliphatic heterocycles. The molecule has 4 heteroatoms. The van der Waals surface area contributed by atoms with Crippen LogP contribution in [0.15, 0.2) is 18.2 Å². The number of rotatable bonds is 6. The van der Waals surface area contributed by atoms with E-state index in [2.05, 4.69) is 24.1 Å². The van der Waals surface area contributed by atoms with E-state index in [0.717, 1.165) is 35.7 Å². The summed E-state index contributed by atoms with van der Waals surface area (Å²) < 4.78 is 13.3. The Morgan fingerprint density at radius 2 is 2.05 bits per heavy atom. The maximum atomic E-state index is 13.3. The number of nitrogens with zero attached hydrogens (tertiary/aromatic N) is 1. The van der Waals surface area contributed by atoms with Gasteiger partial charge in [0, 0.05) is 10.9 Å². The molecule has 2 nitrogen and oxygen atoms in total. The van der Waals surface area contributed by atoms with Crippen LogP contribution in [0.1, 0.15) is 46.1 Å². The van der Waals surface area contributed by atoms with Gasteiger partial charge in [0.05, 0.1) is 10.7 Å². The van der Waals surface area contributed by atoms with E-state index in [1.165, 1.54) is 10.4 Å². The third-order valence-corrected chi connectivity index (χ3v) is 4.81. The van der Waals surface area contributed by atoms with Crippen molar-refractivity contribution in [3.05, 3.63) is 50.7 Å². The molecule has 1 atom stereocenters. The van der Waals surface area contributed by atoms with E-state index in [1.54, 1.807) is 23.5 Å². The summed E-state index contributed by atoms with van der Waals surface area (Å²) in [4.78, 5) is 5.83. The molecule has 0 aliphatic rings. The Bertz CT molecular complexity index is 607. The predicted octanol–water partition coefficient (Wildman–Crippen LogP) is 4.49. The van der Waals surface area contributed by atoms with Gasteiger partial charge in [0.25, 0.3) is 0 Å². The smallest absolute Gasteiger partial charge is 0.123 e. The number of nitrogens with one attached hydrogen (secondary N) is 1. The summed E-state index contributed by atoms with van der Waals surface area (Å²) in [5.74, 6) is -0.167. The summed E-state index contributed by atoms with van der Waals surface area (Å²) in [7, 11) is 0. The Kier molecular flexibility index (Phi) is 5.48. The van der Waals surface area contributed by atoms with E-state index in [1.807, 2.05) is 19.9 Å². The molecule has 0 fully saturated rings. The summed E-state index contributed by atoms with van der Waals surface area (Å²) >= 11 is 1.75. The second-order valence-electron chi connectivity index (χ2n) is 5.46. The van der Waals surface area contributed by atoms with Gasteiger partial charge < -0.3 is 5.32 Å². The molecule has 1 unspecified atom stereocenters. The zero-order chi connectivity index (χ0) is 15.4. The van der Waals surface area contributed by atoms with Crippen molar-refractivity contribution in [2.75, 3.05) is 6.54 Å². The van der Waals surface area contributed by atoms with E-state index in [-0.39, 0.29) is 11.9 Å². The number of benzene rings is 1. The second-order valence-corrected chi connectivity index (χ2v) is 6.70. The molecule has 1 N–H and O–H groups in total. The average Bonchev–Trinajstić information content (AvgIpc) is 2.76. The number of aryl methyl sites for hydroxylation is 3. The minimum atomic E-state index is -0.167. The normalized spacial score (nSPS) is 12.6. The van der Waals surface area contributed by atoms with Crippen LogP contribution in [0.4, 0.5) is 4.39 Å². The highest BCUT2D eigenvalue weighted by molar-refractivity contribution is 7.11. The van der Waals surface area contributed by atoms with Crippen LogP contribution in [-0.2, 0) is 6.42 Å². The molecule has 0 saturated carbocycles. The van der Waals surface area contributed by atoms with Gasteiger partial charge >= 0.3 is 0 Å². The van der Waals surface area contributed by atoms with Crippen molar-refractivity contribution in [2.45, 2.75) is 46.6 Å². The quantitative estimate of drug-likeness (QED) is 0.850. The minimum Gasteiger partial charge on any atom is -0.309 e. The van der Waals surface area contributed by atoms with Gasteiger partial charge in [-0.25, -0.2) is 9.37 Å². The number of hydrogen-bond acceptors (Lipinski definition) is 3. The fraction of sp³-hybridized carbons (Fsp3) is 0.471. The highest BCUT2D eigenvalue weighted by Crippen LogP contribution is 2.28. The number of aromatic nitrogens is 1. The summed E-state index contributed by atoms with van der Waals surface area (Å²) in [6.45, 7) is 9.22. The van der Waals surface area contributed by atoms with Gasteiger partial charge in [-0.3, -0.25) is 0 Å². The van der Waals surface area contributed by atoms with Crippen molar-refractivity contribution in [1.82, 2.24) is 10.3 Å². The SMILES string of the molecule is CCCNC(Cc1ccc(F)cc1C)c1sc(C)nc1C. The Labute approximate surface area is 130 Å². The third kappa shape index (κ3) is 4.11. The molecule has 0 bridgehead atoms. The van der Waals surface area contributed by atoms with E-state index < -0.39 is 0 Å². The number of halogens is 1. The van der Waals surface area contributed by atoms with Crippen LogP contribution in [0.5, 0.6) is 0 Å². The molecule has 0 radical (unpaired) electrons. The largest absolute Gasteiger partial charge is 0.309 e. The van der Waals surface area contributed by atoms with Crippen molar-refractivity contribution in [1.29, 1.82) is 0 Å². The topological polar surface area (TPSA) is 24.9 Å². The van der Waals surface area contributed by atoms with Crippen molar-refractivity contribution in [3.8, 4) is 0 Å². The van der Waals surface area contributed by atoms with Gasteiger partial charge in [0.2, 0.25) is 0 Å². The number of hydrogen-bond donors (Lipinski definition) is 1. The predicted molar refractivity (Wildman–Crippen MR) is 87.5 cm³/mol. The molecule has 0 aliphatic carbocycles. The first-order valence-electron chi connectivity index (χ1n) is 7.43. The van der Waals surface area contributed by atoms with E-state index in [4.69, 9.17) is 0 Å². The van der Waals surface area contributed by atoms with Crippen LogP contribution in [0.2, 0.25) is 0 Å². The van der Waals surface area contributed by atoms with Crippen molar-refractivity contribution >= 4 is 11.3 Å². The van der Waals surface area contributed by atoms with Gasteiger partial charge in [-0.15, -0.1) is 11.3 Å². The minimum absolute atomic E-state index is 0.167. The maximum Gasteiger partial charge on any atom is 0.123 e. The molecule has 1 aromatic carbocycles. The van der Waals surface area contributed by atoms with Gasteiger partial charge in [-0.1, -0.05) is 13.0 Å². The lowest BCUT2D eigenvalue weighted by Gasteiger charge is -2.19. The molecule has 21 heavy (non-hydrogen) atoms. The van der Waals surface area contributed by atoms with E-state index >= 15 is 0 Å². The molecular weight excluding hydrogens is 283 g/mol. The highest BCUT2D eigenvalue weighted by atomic mass is 32.1. The van der Waals surface area contributed by atoms with Crippen LogP contribution in [0.25, 0.3) is 0 Å². The molecule has 0 spiro atoms. The van der Waals surface area contributed by atoms with Crippen molar-refractivity contribution in [3.63, 3.8) is 0 Å². The number of thiazole rings is 1. The molecular formula is C17H23FN2S. The molecule has 0 amide bonds. The first-order chi connectivity index (χ1) is 10.0. The molecule has 0 saturated heterocycles.